The summed E-state index contributed by atoms with van der Waals surface area (Å²) in [5.74, 6) is 0.932. The van der Waals surface area contributed by atoms with Crippen LogP contribution in [0.4, 0.5) is 0 Å². The predicted molar refractivity (Wildman–Crippen MR) is 57.0 cm³/mol. The molecule has 0 radical (unpaired) electrons. The lowest BCUT2D eigenvalue weighted by molar-refractivity contribution is -0.154. The van der Waals surface area contributed by atoms with Crippen molar-refractivity contribution in [1.82, 2.24) is 0 Å². The predicted octanol–water partition coefficient (Wildman–Crippen LogP) is 3.30. The molecule has 0 N–H and O–H groups in total. The number of carbonyl (C=O) groups is 1. The molecule has 1 rings (SSSR count). The van der Waals surface area contributed by atoms with Gasteiger partial charge in [-0.1, -0.05) is 25.7 Å². The Labute approximate surface area is 87.0 Å². The van der Waals surface area contributed by atoms with Gasteiger partial charge < -0.3 is 4.74 Å². The molecule has 0 aromatic heterocycles. The second-order valence-corrected chi connectivity index (χ2v) is 5.28. The van der Waals surface area contributed by atoms with Crippen molar-refractivity contribution in [1.29, 1.82) is 0 Å². The molecule has 0 aliphatic heterocycles. The van der Waals surface area contributed by atoms with Gasteiger partial charge in [0.25, 0.3) is 0 Å². The largest absolute Gasteiger partial charge is 0.460 e. The SMILES string of the molecule is CC(C)(C)OC(=O)CCCCC1CC1. The number of unbranched alkanes of at least 4 members (excludes halogenated alkanes) is 1. The molecule has 0 heterocycles. The normalized spacial score (nSPS) is 16.8. The molecule has 1 saturated carbocycles. The zero-order valence-electron chi connectivity index (χ0n) is 9.64. The minimum atomic E-state index is -0.326. The van der Waals surface area contributed by atoms with E-state index in [1.807, 2.05) is 20.8 Å². The first kappa shape index (κ1) is 11.5. The maximum absolute atomic E-state index is 11.3. The second-order valence-electron chi connectivity index (χ2n) is 5.28. The average Bonchev–Trinajstić information content (AvgIpc) is 2.77. The fraction of sp³-hybridized carbons (Fsp3) is 0.917. The highest BCUT2D eigenvalue weighted by atomic mass is 16.6. The van der Waals surface area contributed by atoms with Gasteiger partial charge in [-0.05, 0) is 33.1 Å². The first-order chi connectivity index (χ1) is 6.47. The minimum absolute atomic E-state index is 0.0479. The van der Waals surface area contributed by atoms with E-state index >= 15 is 0 Å². The van der Waals surface area contributed by atoms with Gasteiger partial charge in [-0.2, -0.15) is 0 Å². The first-order valence-electron chi connectivity index (χ1n) is 5.69. The van der Waals surface area contributed by atoms with E-state index in [1.54, 1.807) is 0 Å². The van der Waals surface area contributed by atoms with Crippen molar-refractivity contribution in [2.24, 2.45) is 5.92 Å². The van der Waals surface area contributed by atoms with Crippen molar-refractivity contribution in [3.05, 3.63) is 0 Å². The molecule has 0 unspecified atom stereocenters. The smallest absolute Gasteiger partial charge is 0.306 e. The summed E-state index contributed by atoms with van der Waals surface area (Å²) in [6.07, 6.45) is 6.89. The van der Waals surface area contributed by atoms with Crippen LogP contribution < -0.4 is 0 Å². The van der Waals surface area contributed by atoms with Crippen molar-refractivity contribution < 1.29 is 9.53 Å². The van der Waals surface area contributed by atoms with Crippen molar-refractivity contribution >= 4 is 5.97 Å². The molecule has 0 spiro atoms. The molecule has 14 heavy (non-hydrogen) atoms. The Morgan fingerprint density at radius 2 is 1.93 bits per heavy atom. The standard InChI is InChI=1S/C12H22O2/c1-12(2,3)14-11(13)7-5-4-6-10-8-9-10/h10H,4-9H2,1-3H3. The summed E-state index contributed by atoms with van der Waals surface area (Å²) in [6, 6.07) is 0. The van der Waals surface area contributed by atoms with Gasteiger partial charge in [-0.15, -0.1) is 0 Å². The van der Waals surface area contributed by atoms with Crippen LogP contribution in [0.25, 0.3) is 0 Å². The molecular weight excluding hydrogens is 176 g/mol. The van der Waals surface area contributed by atoms with E-state index in [2.05, 4.69) is 0 Å². The van der Waals surface area contributed by atoms with Crippen LogP contribution in [0.15, 0.2) is 0 Å². The Morgan fingerprint density at radius 1 is 1.29 bits per heavy atom. The van der Waals surface area contributed by atoms with E-state index in [4.69, 9.17) is 4.74 Å². The zero-order valence-corrected chi connectivity index (χ0v) is 9.64. The van der Waals surface area contributed by atoms with Crippen LogP contribution >= 0.6 is 0 Å². The van der Waals surface area contributed by atoms with Crippen LogP contribution in [-0.4, -0.2) is 11.6 Å². The Morgan fingerprint density at radius 3 is 2.43 bits per heavy atom. The molecule has 2 nitrogen and oxygen atoms in total. The van der Waals surface area contributed by atoms with E-state index in [1.165, 1.54) is 25.7 Å². The average molecular weight is 198 g/mol. The van der Waals surface area contributed by atoms with Gasteiger partial charge in [-0.25, -0.2) is 0 Å². The van der Waals surface area contributed by atoms with Crippen molar-refractivity contribution in [2.75, 3.05) is 0 Å². The van der Waals surface area contributed by atoms with Crippen molar-refractivity contribution in [2.45, 2.75) is 64.9 Å². The lowest BCUT2D eigenvalue weighted by Crippen LogP contribution is -2.23. The lowest BCUT2D eigenvalue weighted by Gasteiger charge is -2.19. The van der Waals surface area contributed by atoms with Crippen LogP contribution in [-0.2, 0) is 9.53 Å². The van der Waals surface area contributed by atoms with Crippen LogP contribution in [0.5, 0.6) is 0 Å². The third kappa shape index (κ3) is 6.01. The molecule has 0 atom stereocenters. The van der Waals surface area contributed by atoms with Crippen molar-refractivity contribution in [3.63, 3.8) is 0 Å². The topological polar surface area (TPSA) is 26.3 Å². The van der Waals surface area contributed by atoms with E-state index in [0.717, 1.165) is 12.3 Å². The number of hydrogen-bond acceptors (Lipinski definition) is 2. The van der Waals surface area contributed by atoms with Gasteiger partial charge in [0.1, 0.15) is 5.60 Å². The maximum Gasteiger partial charge on any atom is 0.306 e. The Bertz CT molecular complexity index is 187. The molecule has 82 valence electrons. The van der Waals surface area contributed by atoms with Gasteiger partial charge in [-0.3, -0.25) is 4.79 Å². The minimum Gasteiger partial charge on any atom is -0.460 e. The van der Waals surface area contributed by atoms with Crippen LogP contribution in [0, 0.1) is 5.92 Å². The summed E-state index contributed by atoms with van der Waals surface area (Å²) < 4.78 is 5.22. The number of rotatable bonds is 5. The van der Waals surface area contributed by atoms with E-state index in [-0.39, 0.29) is 11.6 Å². The molecule has 0 saturated heterocycles. The number of hydrogen-bond donors (Lipinski definition) is 0. The second kappa shape index (κ2) is 4.81. The summed E-state index contributed by atoms with van der Waals surface area (Å²) in [5, 5.41) is 0. The molecule has 0 aromatic rings. The van der Waals surface area contributed by atoms with Crippen LogP contribution in [0.3, 0.4) is 0 Å². The Kier molecular flexibility index (Phi) is 3.97. The first-order valence-corrected chi connectivity index (χ1v) is 5.69. The number of esters is 1. The molecule has 0 bridgehead atoms. The Balaban J connectivity index is 1.96. The molecular formula is C12H22O2. The third-order valence-electron chi connectivity index (χ3n) is 2.36. The number of ether oxygens (including phenoxy) is 1. The summed E-state index contributed by atoms with van der Waals surface area (Å²) in [4.78, 5) is 11.3. The van der Waals surface area contributed by atoms with E-state index in [9.17, 15) is 4.79 Å². The summed E-state index contributed by atoms with van der Waals surface area (Å²) in [6.45, 7) is 5.74. The highest BCUT2D eigenvalue weighted by Crippen LogP contribution is 2.34. The maximum atomic E-state index is 11.3. The van der Waals surface area contributed by atoms with E-state index in [0.29, 0.717) is 6.42 Å². The van der Waals surface area contributed by atoms with Gasteiger partial charge in [0.2, 0.25) is 0 Å². The summed E-state index contributed by atoms with van der Waals surface area (Å²) >= 11 is 0. The molecule has 1 aliphatic carbocycles. The molecule has 1 fully saturated rings. The van der Waals surface area contributed by atoms with E-state index < -0.39 is 0 Å². The molecule has 2 heteroatoms. The highest BCUT2D eigenvalue weighted by molar-refractivity contribution is 5.69. The third-order valence-corrected chi connectivity index (χ3v) is 2.36. The van der Waals surface area contributed by atoms with Gasteiger partial charge in [0, 0.05) is 6.42 Å². The quantitative estimate of drug-likeness (QED) is 0.500. The zero-order chi connectivity index (χ0) is 10.6. The Hall–Kier alpha value is -0.530. The fourth-order valence-corrected chi connectivity index (χ4v) is 1.50. The molecule has 0 amide bonds. The van der Waals surface area contributed by atoms with Crippen molar-refractivity contribution in [3.8, 4) is 0 Å². The number of carbonyl (C=O) groups excluding carboxylic acids is 1. The summed E-state index contributed by atoms with van der Waals surface area (Å²) in [7, 11) is 0. The fourth-order valence-electron chi connectivity index (χ4n) is 1.50. The van der Waals surface area contributed by atoms with Gasteiger partial charge in [0.15, 0.2) is 0 Å². The molecule has 0 aromatic carbocycles. The van der Waals surface area contributed by atoms with Crippen LogP contribution in [0.1, 0.15) is 59.3 Å². The molecule has 1 aliphatic rings. The highest BCUT2D eigenvalue weighted by Gasteiger charge is 2.20. The summed E-state index contributed by atoms with van der Waals surface area (Å²) in [5.41, 5.74) is -0.326. The monoisotopic (exact) mass is 198 g/mol. The van der Waals surface area contributed by atoms with Gasteiger partial charge >= 0.3 is 5.97 Å². The van der Waals surface area contributed by atoms with Gasteiger partial charge in [0.05, 0.1) is 0 Å². The van der Waals surface area contributed by atoms with Crippen LogP contribution in [0.2, 0.25) is 0 Å². The lowest BCUT2D eigenvalue weighted by atomic mass is 10.1.